The van der Waals surface area contributed by atoms with E-state index in [1.165, 1.54) is 0 Å². The van der Waals surface area contributed by atoms with E-state index in [0.29, 0.717) is 6.61 Å². The lowest BCUT2D eigenvalue weighted by molar-refractivity contribution is 0.00772. The van der Waals surface area contributed by atoms with E-state index >= 15 is 0 Å². The van der Waals surface area contributed by atoms with Crippen molar-refractivity contribution >= 4 is 11.4 Å². The maximum absolute atomic E-state index is 10.2. The summed E-state index contributed by atoms with van der Waals surface area (Å²) in [4.78, 5) is 0. The van der Waals surface area contributed by atoms with Crippen LogP contribution in [0.5, 0.6) is 0 Å². The van der Waals surface area contributed by atoms with Crippen LogP contribution in [0, 0.1) is 0 Å². The summed E-state index contributed by atoms with van der Waals surface area (Å²) in [5.41, 5.74) is 0. The molecular weight excluding hydrogens is 172 g/mol. The molecule has 1 rings (SSSR count). The molecule has 0 spiro atoms. The Balaban J connectivity index is 2.28. The average molecular weight is 182 g/mol. The van der Waals surface area contributed by atoms with E-state index in [-0.39, 0.29) is 12.9 Å². The summed E-state index contributed by atoms with van der Waals surface area (Å²) < 4.78 is 33.0. The molecule has 1 fully saturated rings. The summed E-state index contributed by atoms with van der Waals surface area (Å²) in [7, 11) is 0. The standard InChI is InChI=1S/C5H10O5S/c1-4(10-11(6)7)5-2-8-3-9-5/h4-5H,2-3H2,1H3,(H,6,7). The highest BCUT2D eigenvalue weighted by molar-refractivity contribution is 7.74. The number of ether oxygens (including phenoxy) is 2. The third-order valence-corrected chi connectivity index (χ3v) is 1.87. The van der Waals surface area contributed by atoms with E-state index in [1.54, 1.807) is 6.92 Å². The zero-order valence-corrected chi connectivity index (χ0v) is 6.87. The predicted octanol–water partition coefficient (Wildman–Crippen LogP) is -0.0989. The molecule has 3 atom stereocenters. The van der Waals surface area contributed by atoms with Crippen LogP contribution in [0.1, 0.15) is 6.92 Å². The zero-order chi connectivity index (χ0) is 8.27. The Morgan fingerprint density at radius 3 is 3.00 bits per heavy atom. The van der Waals surface area contributed by atoms with Crippen molar-refractivity contribution in [3.05, 3.63) is 0 Å². The first-order valence-corrected chi connectivity index (χ1v) is 4.20. The molecular formula is C5H10O5S. The molecule has 66 valence electrons. The SMILES string of the molecule is CC(OS(=O)O)C1COCO1. The summed E-state index contributed by atoms with van der Waals surface area (Å²) in [5, 5.41) is 0. The summed E-state index contributed by atoms with van der Waals surface area (Å²) in [6.45, 7) is 2.31. The fourth-order valence-electron chi connectivity index (χ4n) is 0.811. The van der Waals surface area contributed by atoms with Crippen LogP contribution in [0.2, 0.25) is 0 Å². The van der Waals surface area contributed by atoms with Gasteiger partial charge in [0.25, 0.3) is 0 Å². The Morgan fingerprint density at radius 2 is 2.55 bits per heavy atom. The Kier molecular flexibility index (Phi) is 3.41. The molecule has 1 aliphatic heterocycles. The van der Waals surface area contributed by atoms with Gasteiger partial charge in [-0.1, -0.05) is 0 Å². The van der Waals surface area contributed by atoms with Crippen molar-refractivity contribution in [2.45, 2.75) is 19.1 Å². The maximum atomic E-state index is 10.2. The van der Waals surface area contributed by atoms with E-state index in [2.05, 4.69) is 4.18 Å². The molecule has 0 aromatic heterocycles. The molecule has 11 heavy (non-hydrogen) atoms. The third-order valence-electron chi connectivity index (χ3n) is 1.41. The van der Waals surface area contributed by atoms with Gasteiger partial charge in [-0.05, 0) is 6.92 Å². The van der Waals surface area contributed by atoms with Crippen LogP contribution in [0.25, 0.3) is 0 Å². The van der Waals surface area contributed by atoms with Gasteiger partial charge in [-0.15, -0.1) is 0 Å². The van der Waals surface area contributed by atoms with E-state index in [1.807, 2.05) is 0 Å². The van der Waals surface area contributed by atoms with Gasteiger partial charge < -0.3 is 9.47 Å². The van der Waals surface area contributed by atoms with Gasteiger partial charge in [0.05, 0.1) is 6.61 Å². The molecule has 0 bridgehead atoms. The molecule has 0 radical (unpaired) electrons. The van der Waals surface area contributed by atoms with Crippen molar-refractivity contribution in [3.63, 3.8) is 0 Å². The molecule has 0 saturated carbocycles. The van der Waals surface area contributed by atoms with Crippen molar-refractivity contribution < 1.29 is 22.4 Å². The molecule has 0 amide bonds. The van der Waals surface area contributed by atoms with Crippen LogP contribution < -0.4 is 0 Å². The monoisotopic (exact) mass is 182 g/mol. The van der Waals surface area contributed by atoms with Gasteiger partial charge in [0.2, 0.25) is 0 Å². The largest absolute Gasteiger partial charge is 0.353 e. The fraction of sp³-hybridized carbons (Fsp3) is 1.00. The highest BCUT2D eigenvalue weighted by Crippen LogP contribution is 2.10. The normalized spacial score (nSPS) is 30.2. The lowest BCUT2D eigenvalue weighted by atomic mass is 10.2. The van der Waals surface area contributed by atoms with E-state index in [9.17, 15) is 4.21 Å². The molecule has 6 heteroatoms. The van der Waals surface area contributed by atoms with Gasteiger partial charge in [-0.3, -0.25) is 8.74 Å². The minimum absolute atomic E-state index is 0.230. The summed E-state index contributed by atoms with van der Waals surface area (Å²) >= 11 is -2.23. The second-order valence-electron chi connectivity index (χ2n) is 2.21. The summed E-state index contributed by atoms with van der Waals surface area (Å²) in [5.74, 6) is 0. The maximum Gasteiger partial charge on any atom is 0.302 e. The van der Waals surface area contributed by atoms with Gasteiger partial charge in [-0.25, -0.2) is 0 Å². The average Bonchev–Trinajstić information content (AvgIpc) is 2.35. The Labute approximate surface area is 67.1 Å². The van der Waals surface area contributed by atoms with Crippen molar-refractivity contribution in [2.24, 2.45) is 0 Å². The molecule has 1 heterocycles. The van der Waals surface area contributed by atoms with E-state index in [0.717, 1.165) is 0 Å². The molecule has 0 aromatic rings. The minimum atomic E-state index is -2.23. The lowest BCUT2D eigenvalue weighted by Crippen LogP contribution is -2.28. The van der Waals surface area contributed by atoms with Crippen molar-refractivity contribution in [1.82, 2.24) is 0 Å². The van der Waals surface area contributed by atoms with Gasteiger partial charge in [-0.2, -0.15) is 4.21 Å². The highest BCUT2D eigenvalue weighted by Gasteiger charge is 2.25. The summed E-state index contributed by atoms with van der Waals surface area (Å²) in [6.07, 6.45) is -0.644. The van der Waals surface area contributed by atoms with Crippen LogP contribution in [0.15, 0.2) is 0 Å². The Bertz CT molecular complexity index is 144. The zero-order valence-electron chi connectivity index (χ0n) is 6.06. The fourth-order valence-corrected chi connectivity index (χ4v) is 1.19. The second-order valence-corrected chi connectivity index (χ2v) is 2.84. The molecule has 3 unspecified atom stereocenters. The van der Waals surface area contributed by atoms with Crippen molar-refractivity contribution in [3.8, 4) is 0 Å². The molecule has 5 nitrogen and oxygen atoms in total. The van der Waals surface area contributed by atoms with Crippen molar-refractivity contribution in [1.29, 1.82) is 0 Å². The molecule has 1 aliphatic rings. The first-order valence-electron chi connectivity index (χ1n) is 3.17. The van der Waals surface area contributed by atoms with Gasteiger partial charge in [0.15, 0.2) is 0 Å². The minimum Gasteiger partial charge on any atom is -0.353 e. The Morgan fingerprint density at radius 1 is 1.82 bits per heavy atom. The van der Waals surface area contributed by atoms with Crippen LogP contribution in [-0.4, -0.2) is 34.4 Å². The molecule has 1 N–H and O–H groups in total. The van der Waals surface area contributed by atoms with E-state index < -0.39 is 17.5 Å². The van der Waals surface area contributed by atoms with E-state index in [4.69, 9.17) is 14.0 Å². The smallest absolute Gasteiger partial charge is 0.302 e. The number of hydrogen-bond donors (Lipinski definition) is 1. The van der Waals surface area contributed by atoms with Crippen molar-refractivity contribution in [2.75, 3.05) is 13.4 Å². The first-order chi connectivity index (χ1) is 5.20. The molecule has 1 saturated heterocycles. The number of hydrogen-bond acceptors (Lipinski definition) is 4. The van der Waals surface area contributed by atoms with Gasteiger partial charge >= 0.3 is 11.4 Å². The molecule has 0 aromatic carbocycles. The molecule has 0 aliphatic carbocycles. The second kappa shape index (κ2) is 4.13. The number of rotatable bonds is 3. The first kappa shape index (κ1) is 9.08. The summed E-state index contributed by atoms with van der Waals surface area (Å²) in [6, 6.07) is 0. The topological polar surface area (TPSA) is 65.0 Å². The highest BCUT2D eigenvalue weighted by atomic mass is 32.2. The third kappa shape index (κ3) is 2.84. The van der Waals surface area contributed by atoms with Crippen LogP contribution in [0.4, 0.5) is 0 Å². The van der Waals surface area contributed by atoms with Gasteiger partial charge in [0.1, 0.15) is 19.0 Å². The van der Waals surface area contributed by atoms with Gasteiger partial charge in [0, 0.05) is 0 Å². The predicted molar refractivity (Wildman–Crippen MR) is 37.0 cm³/mol. The van der Waals surface area contributed by atoms with Crippen LogP contribution >= 0.6 is 0 Å². The Hall–Kier alpha value is -0.0100. The lowest BCUT2D eigenvalue weighted by Gasteiger charge is -2.13. The quantitative estimate of drug-likeness (QED) is 0.617. The van der Waals surface area contributed by atoms with Crippen LogP contribution in [-0.2, 0) is 25.0 Å². The van der Waals surface area contributed by atoms with Crippen LogP contribution in [0.3, 0.4) is 0 Å².